The van der Waals surface area contributed by atoms with E-state index >= 15 is 0 Å². The highest BCUT2D eigenvalue weighted by Crippen LogP contribution is 2.22. The molecule has 2 rings (SSSR count). The number of hydrogen-bond acceptors (Lipinski definition) is 4. The van der Waals surface area contributed by atoms with Crippen molar-refractivity contribution < 1.29 is 19.1 Å². The molecular weight excluding hydrogens is 258 g/mol. The molecule has 0 bridgehead atoms. The molecule has 0 fully saturated rings. The first-order valence-electron chi connectivity index (χ1n) is 6.40. The predicted octanol–water partition coefficient (Wildman–Crippen LogP) is 3.07. The Kier molecular flexibility index (Phi) is 4.08. The van der Waals surface area contributed by atoms with E-state index in [1.807, 2.05) is 13.8 Å². The third-order valence-electron chi connectivity index (χ3n) is 2.85. The number of hydrogen-bond donors (Lipinski definition) is 0. The van der Waals surface area contributed by atoms with Crippen LogP contribution in [0, 0.1) is 5.92 Å². The highest BCUT2D eigenvalue weighted by atomic mass is 16.5. The normalized spacial score (nSPS) is 10.8. The van der Waals surface area contributed by atoms with Crippen LogP contribution in [-0.2, 0) is 9.47 Å². The van der Waals surface area contributed by atoms with Gasteiger partial charge in [-0.3, -0.25) is 4.57 Å². The number of methoxy groups -OCH3 is 1. The molecule has 2 aromatic rings. The number of para-hydroxylation sites is 1. The van der Waals surface area contributed by atoms with Crippen LogP contribution in [-0.4, -0.2) is 30.3 Å². The van der Waals surface area contributed by atoms with Crippen molar-refractivity contribution in [2.75, 3.05) is 13.7 Å². The number of carbonyl (C=O) groups is 2. The summed E-state index contributed by atoms with van der Waals surface area (Å²) >= 11 is 0. The summed E-state index contributed by atoms with van der Waals surface area (Å²) in [6, 6.07) is 7.14. The molecule has 0 atom stereocenters. The highest BCUT2D eigenvalue weighted by molar-refractivity contribution is 6.06. The van der Waals surface area contributed by atoms with Crippen molar-refractivity contribution >= 4 is 23.0 Å². The number of rotatable bonds is 3. The summed E-state index contributed by atoms with van der Waals surface area (Å²) in [4.78, 5) is 23.8. The molecule has 0 aliphatic heterocycles. The van der Waals surface area contributed by atoms with Gasteiger partial charge in [-0.25, -0.2) is 9.59 Å². The lowest BCUT2D eigenvalue weighted by Gasteiger charge is -2.08. The molecule has 106 valence electrons. The fourth-order valence-corrected chi connectivity index (χ4v) is 1.91. The van der Waals surface area contributed by atoms with Gasteiger partial charge in [0.05, 0.1) is 24.8 Å². The summed E-state index contributed by atoms with van der Waals surface area (Å²) in [5, 5.41) is 0.667. The number of carbonyl (C=O) groups excluding carboxylic acids is 2. The van der Waals surface area contributed by atoms with Crippen LogP contribution in [0.3, 0.4) is 0 Å². The molecular formula is C15H17NO4. The van der Waals surface area contributed by atoms with Crippen LogP contribution in [0.4, 0.5) is 4.79 Å². The van der Waals surface area contributed by atoms with E-state index in [2.05, 4.69) is 0 Å². The third kappa shape index (κ3) is 2.66. The van der Waals surface area contributed by atoms with Crippen LogP contribution < -0.4 is 0 Å². The minimum absolute atomic E-state index is 0.251. The van der Waals surface area contributed by atoms with E-state index in [0.717, 1.165) is 0 Å². The summed E-state index contributed by atoms with van der Waals surface area (Å²) < 4.78 is 11.3. The number of benzene rings is 1. The maximum Gasteiger partial charge on any atom is 0.418 e. The van der Waals surface area contributed by atoms with Crippen molar-refractivity contribution in [2.45, 2.75) is 13.8 Å². The molecule has 0 amide bonds. The van der Waals surface area contributed by atoms with Gasteiger partial charge in [-0.05, 0) is 12.0 Å². The van der Waals surface area contributed by atoms with Gasteiger partial charge in [0.15, 0.2) is 0 Å². The van der Waals surface area contributed by atoms with Crippen LogP contribution in [0.15, 0.2) is 30.5 Å². The van der Waals surface area contributed by atoms with Gasteiger partial charge in [-0.15, -0.1) is 0 Å². The molecule has 0 saturated carbocycles. The van der Waals surface area contributed by atoms with E-state index in [1.165, 1.54) is 17.9 Å². The molecule has 0 spiro atoms. The lowest BCUT2D eigenvalue weighted by Crippen LogP contribution is -2.15. The zero-order valence-electron chi connectivity index (χ0n) is 11.8. The van der Waals surface area contributed by atoms with Crippen LogP contribution in [0.1, 0.15) is 24.2 Å². The number of nitrogens with zero attached hydrogens (tertiary/aromatic N) is 1. The van der Waals surface area contributed by atoms with Crippen molar-refractivity contribution in [3.8, 4) is 0 Å². The minimum atomic E-state index is -0.495. The Hall–Kier alpha value is -2.30. The molecule has 5 nitrogen and oxygen atoms in total. The molecule has 20 heavy (non-hydrogen) atoms. The molecule has 0 aliphatic carbocycles. The summed E-state index contributed by atoms with van der Waals surface area (Å²) in [5.41, 5.74) is 0.978. The molecule has 1 aromatic carbocycles. The number of aromatic nitrogens is 1. The van der Waals surface area contributed by atoms with Gasteiger partial charge in [-0.1, -0.05) is 32.0 Å². The zero-order valence-corrected chi connectivity index (χ0v) is 11.8. The number of fused-ring (bicyclic) bond motifs is 1. The fourth-order valence-electron chi connectivity index (χ4n) is 1.91. The SMILES string of the molecule is COC(=O)c1cn(C(=O)OCC(C)C)c2ccccc12. The lowest BCUT2D eigenvalue weighted by atomic mass is 10.2. The molecule has 5 heteroatoms. The van der Waals surface area contributed by atoms with Crippen LogP contribution in [0.25, 0.3) is 10.9 Å². The van der Waals surface area contributed by atoms with E-state index in [4.69, 9.17) is 9.47 Å². The Morgan fingerprint density at radius 3 is 2.60 bits per heavy atom. The summed E-state index contributed by atoms with van der Waals surface area (Å²) in [5.74, 6) is -0.225. The highest BCUT2D eigenvalue weighted by Gasteiger charge is 2.19. The average molecular weight is 275 g/mol. The Morgan fingerprint density at radius 1 is 1.25 bits per heavy atom. The lowest BCUT2D eigenvalue weighted by molar-refractivity contribution is 0.0603. The van der Waals surface area contributed by atoms with Gasteiger partial charge in [0, 0.05) is 11.6 Å². The predicted molar refractivity (Wildman–Crippen MR) is 74.9 cm³/mol. The van der Waals surface area contributed by atoms with Crippen molar-refractivity contribution in [1.29, 1.82) is 0 Å². The molecule has 1 aromatic heterocycles. The maximum absolute atomic E-state index is 12.1. The Bertz CT molecular complexity index is 642. The van der Waals surface area contributed by atoms with Crippen molar-refractivity contribution in [3.63, 3.8) is 0 Å². The van der Waals surface area contributed by atoms with E-state index in [-0.39, 0.29) is 5.92 Å². The van der Waals surface area contributed by atoms with E-state index in [1.54, 1.807) is 24.3 Å². The molecule has 0 radical (unpaired) electrons. The molecule has 1 heterocycles. The standard InChI is InChI=1S/C15H17NO4/c1-10(2)9-20-15(18)16-8-12(14(17)19-3)11-6-4-5-7-13(11)16/h4-8,10H,9H2,1-3H3. The minimum Gasteiger partial charge on any atom is -0.465 e. The maximum atomic E-state index is 12.1. The van der Waals surface area contributed by atoms with Gasteiger partial charge in [-0.2, -0.15) is 0 Å². The second-order valence-electron chi connectivity index (χ2n) is 4.89. The first kappa shape index (κ1) is 14.1. The largest absolute Gasteiger partial charge is 0.465 e. The Morgan fingerprint density at radius 2 is 1.95 bits per heavy atom. The molecule has 0 N–H and O–H groups in total. The number of ether oxygens (including phenoxy) is 2. The molecule has 0 unspecified atom stereocenters. The van der Waals surface area contributed by atoms with Crippen molar-refractivity contribution in [2.24, 2.45) is 5.92 Å². The first-order chi connectivity index (χ1) is 9.54. The quantitative estimate of drug-likeness (QED) is 0.808. The third-order valence-corrected chi connectivity index (χ3v) is 2.85. The molecule has 0 saturated heterocycles. The van der Waals surface area contributed by atoms with Gasteiger partial charge in [0.2, 0.25) is 0 Å². The van der Waals surface area contributed by atoms with E-state index in [0.29, 0.717) is 23.1 Å². The average Bonchev–Trinajstić information content (AvgIpc) is 2.83. The van der Waals surface area contributed by atoms with Crippen LogP contribution >= 0.6 is 0 Å². The van der Waals surface area contributed by atoms with Crippen molar-refractivity contribution in [1.82, 2.24) is 4.57 Å². The monoisotopic (exact) mass is 275 g/mol. The van der Waals surface area contributed by atoms with E-state index in [9.17, 15) is 9.59 Å². The summed E-state index contributed by atoms with van der Waals surface area (Å²) in [6.45, 7) is 4.25. The van der Waals surface area contributed by atoms with Crippen LogP contribution in [0.5, 0.6) is 0 Å². The Balaban J connectivity index is 2.43. The topological polar surface area (TPSA) is 57.5 Å². The zero-order chi connectivity index (χ0) is 14.7. The smallest absolute Gasteiger partial charge is 0.418 e. The summed E-state index contributed by atoms with van der Waals surface area (Å²) in [7, 11) is 1.31. The van der Waals surface area contributed by atoms with Gasteiger partial charge in [0.25, 0.3) is 0 Å². The molecule has 0 aliphatic rings. The van der Waals surface area contributed by atoms with Gasteiger partial charge in [0.1, 0.15) is 0 Å². The fraction of sp³-hybridized carbons (Fsp3) is 0.333. The number of esters is 1. The van der Waals surface area contributed by atoms with E-state index < -0.39 is 12.1 Å². The Labute approximate surface area is 117 Å². The van der Waals surface area contributed by atoms with Gasteiger partial charge < -0.3 is 9.47 Å². The first-order valence-corrected chi connectivity index (χ1v) is 6.40. The second-order valence-corrected chi connectivity index (χ2v) is 4.89. The summed E-state index contributed by atoms with van der Waals surface area (Å²) in [6.07, 6.45) is 0.962. The van der Waals surface area contributed by atoms with Crippen molar-refractivity contribution in [3.05, 3.63) is 36.0 Å². The van der Waals surface area contributed by atoms with Gasteiger partial charge >= 0.3 is 12.1 Å². The van der Waals surface area contributed by atoms with Crippen LogP contribution in [0.2, 0.25) is 0 Å². The second kappa shape index (κ2) is 5.77.